The highest BCUT2D eigenvalue weighted by Crippen LogP contribution is 2.14. The molecular formula is C23H37N5O2. The molecule has 2 heterocycles. The minimum Gasteiger partial charge on any atom is -0.489 e. The lowest BCUT2D eigenvalue weighted by Gasteiger charge is -2.37. The predicted octanol–water partition coefficient (Wildman–Crippen LogP) is 1.97. The van der Waals surface area contributed by atoms with Crippen LogP contribution in [0.2, 0.25) is 0 Å². The van der Waals surface area contributed by atoms with Gasteiger partial charge in [-0.25, -0.2) is 0 Å². The molecular weight excluding hydrogens is 378 g/mol. The molecule has 1 amide bonds. The van der Waals surface area contributed by atoms with Gasteiger partial charge in [0.15, 0.2) is 5.96 Å². The molecule has 0 aromatic heterocycles. The van der Waals surface area contributed by atoms with Crippen LogP contribution in [0, 0.1) is 6.92 Å². The number of guanidine groups is 1. The lowest BCUT2D eigenvalue weighted by atomic mass is 10.1. The zero-order chi connectivity index (χ0) is 21.3. The first-order chi connectivity index (χ1) is 14.5. The highest BCUT2D eigenvalue weighted by molar-refractivity contribution is 5.80. The van der Waals surface area contributed by atoms with E-state index in [2.05, 4.69) is 46.1 Å². The summed E-state index contributed by atoms with van der Waals surface area (Å²) >= 11 is 0. The van der Waals surface area contributed by atoms with Gasteiger partial charge in [-0.3, -0.25) is 14.7 Å². The van der Waals surface area contributed by atoms with Crippen LogP contribution in [0.15, 0.2) is 29.3 Å². The van der Waals surface area contributed by atoms with Crippen LogP contribution in [0.3, 0.4) is 0 Å². The number of hydrogen-bond donors (Lipinski definition) is 1. The number of nitrogens with one attached hydrogen (secondary N) is 1. The third-order valence-electron chi connectivity index (χ3n) is 5.83. The van der Waals surface area contributed by atoms with Crippen LogP contribution in [0.4, 0.5) is 0 Å². The minimum absolute atomic E-state index is 0.0343. The fourth-order valence-electron chi connectivity index (χ4n) is 4.08. The van der Waals surface area contributed by atoms with Crippen molar-refractivity contribution in [2.75, 3.05) is 59.4 Å². The van der Waals surface area contributed by atoms with Gasteiger partial charge in [-0.05, 0) is 50.8 Å². The zero-order valence-electron chi connectivity index (χ0n) is 18.8. The second kappa shape index (κ2) is 11.2. The molecule has 1 unspecified atom stereocenters. The van der Waals surface area contributed by atoms with Gasteiger partial charge in [-0.15, -0.1) is 0 Å². The van der Waals surface area contributed by atoms with Crippen molar-refractivity contribution in [3.8, 4) is 5.75 Å². The van der Waals surface area contributed by atoms with E-state index in [0.29, 0.717) is 13.1 Å². The van der Waals surface area contributed by atoms with Gasteiger partial charge in [0.1, 0.15) is 11.9 Å². The van der Waals surface area contributed by atoms with Crippen LogP contribution in [-0.4, -0.2) is 92.1 Å². The van der Waals surface area contributed by atoms with Gasteiger partial charge in [0.05, 0.1) is 13.1 Å². The van der Waals surface area contributed by atoms with Crippen LogP contribution >= 0.6 is 0 Å². The topological polar surface area (TPSA) is 60.4 Å². The summed E-state index contributed by atoms with van der Waals surface area (Å²) in [6.45, 7) is 10.7. The molecule has 1 aromatic carbocycles. The summed E-state index contributed by atoms with van der Waals surface area (Å²) in [5.74, 6) is 2.08. The fourth-order valence-corrected chi connectivity index (χ4v) is 4.08. The molecule has 7 heteroatoms. The Labute approximate surface area is 181 Å². The highest BCUT2D eigenvalue weighted by Gasteiger charge is 2.24. The first-order valence-corrected chi connectivity index (χ1v) is 11.2. The van der Waals surface area contributed by atoms with Gasteiger partial charge >= 0.3 is 0 Å². The number of aryl methyl sites for hydroxylation is 1. The molecule has 0 radical (unpaired) electrons. The number of hydrogen-bond acceptors (Lipinski definition) is 4. The SMILES string of the molecule is CN=C(NCC(C)Oc1cccc(C)c1)N1CCN(CC(=O)N2CCCCC2)CC1. The molecule has 30 heavy (non-hydrogen) atoms. The van der Waals surface area contributed by atoms with E-state index < -0.39 is 0 Å². The van der Waals surface area contributed by atoms with Crippen LogP contribution in [0.1, 0.15) is 31.7 Å². The standard InChI is InChI=1S/C23H37N5O2/c1-19-8-7-9-21(16-19)30-20(2)17-25-23(24-3)28-14-12-26(13-15-28)18-22(29)27-10-5-4-6-11-27/h7-9,16,20H,4-6,10-15,17-18H2,1-3H3,(H,24,25). The van der Waals surface area contributed by atoms with Gasteiger partial charge in [0.2, 0.25) is 5.91 Å². The number of benzene rings is 1. The number of rotatable bonds is 6. The van der Waals surface area contributed by atoms with E-state index in [9.17, 15) is 4.79 Å². The smallest absolute Gasteiger partial charge is 0.236 e. The number of piperidine rings is 1. The molecule has 2 aliphatic rings. The Bertz CT molecular complexity index is 709. The van der Waals surface area contributed by atoms with E-state index in [1.165, 1.54) is 12.0 Å². The van der Waals surface area contributed by atoms with Gasteiger partial charge in [-0.2, -0.15) is 0 Å². The first kappa shape index (κ1) is 22.4. The average Bonchev–Trinajstić information content (AvgIpc) is 2.76. The fraction of sp³-hybridized carbons (Fsp3) is 0.652. The van der Waals surface area contributed by atoms with Crippen molar-refractivity contribution in [2.45, 2.75) is 39.2 Å². The second-order valence-electron chi connectivity index (χ2n) is 8.38. The summed E-state index contributed by atoms with van der Waals surface area (Å²) in [7, 11) is 1.82. The molecule has 2 fully saturated rings. The molecule has 0 spiro atoms. The summed E-state index contributed by atoms with van der Waals surface area (Å²) in [6.07, 6.45) is 3.58. The van der Waals surface area contributed by atoms with Crippen molar-refractivity contribution in [2.24, 2.45) is 4.99 Å². The third-order valence-corrected chi connectivity index (χ3v) is 5.83. The van der Waals surface area contributed by atoms with Crippen LogP contribution in [0.25, 0.3) is 0 Å². The Balaban J connectivity index is 1.39. The molecule has 166 valence electrons. The normalized spacial score (nSPS) is 19.5. The number of likely N-dealkylation sites (tertiary alicyclic amines) is 1. The molecule has 3 rings (SSSR count). The summed E-state index contributed by atoms with van der Waals surface area (Å²) in [5, 5.41) is 3.44. The van der Waals surface area contributed by atoms with Crippen molar-refractivity contribution in [3.05, 3.63) is 29.8 Å². The van der Waals surface area contributed by atoms with Crippen molar-refractivity contribution < 1.29 is 9.53 Å². The van der Waals surface area contributed by atoms with E-state index in [4.69, 9.17) is 4.74 Å². The van der Waals surface area contributed by atoms with Crippen LogP contribution in [-0.2, 0) is 4.79 Å². The van der Waals surface area contributed by atoms with Crippen LogP contribution in [0.5, 0.6) is 5.75 Å². The number of aliphatic imine (C=N–C) groups is 1. The molecule has 2 aliphatic heterocycles. The number of amides is 1. The van der Waals surface area contributed by atoms with Gasteiger partial charge in [0, 0.05) is 46.3 Å². The quantitative estimate of drug-likeness (QED) is 0.569. The lowest BCUT2D eigenvalue weighted by Crippen LogP contribution is -2.55. The number of ether oxygens (including phenoxy) is 1. The Morgan fingerprint density at radius 3 is 2.50 bits per heavy atom. The Kier molecular flexibility index (Phi) is 8.37. The maximum absolute atomic E-state index is 12.5. The second-order valence-corrected chi connectivity index (χ2v) is 8.38. The third kappa shape index (κ3) is 6.62. The van der Waals surface area contributed by atoms with E-state index >= 15 is 0 Å². The molecule has 0 bridgehead atoms. The van der Waals surface area contributed by atoms with Gasteiger partial charge in [-0.1, -0.05) is 12.1 Å². The minimum atomic E-state index is 0.0343. The van der Waals surface area contributed by atoms with Crippen molar-refractivity contribution >= 4 is 11.9 Å². The Hall–Kier alpha value is -2.28. The molecule has 7 nitrogen and oxygen atoms in total. The number of piperazine rings is 1. The van der Waals surface area contributed by atoms with E-state index in [-0.39, 0.29) is 12.0 Å². The Morgan fingerprint density at radius 2 is 1.83 bits per heavy atom. The summed E-state index contributed by atoms with van der Waals surface area (Å²) < 4.78 is 6.01. The summed E-state index contributed by atoms with van der Waals surface area (Å²) in [4.78, 5) is 23.5. The Morgan fingerprint density at radius 1 is 1.10 bits per heavy atom. The average molecular weight is 416 g/mol. The monoisotopic (exact) mass is 415 g/mol. The predicted molar refractivity (Wildman–Crippen MR) is 121 cm³/mol. The molecule has 0 aliphatic carbocycles. The number of nitrogens with zero attached hydrogens (tertiary/aromatic N) is 4. The summed E-state index contributed by atoms with van der Waals surface area (Å²) in [6, 6.07) is 8.12. The molecule has 1 atom stereocenters. The number of carbonyl (C=O) groups excluding carboxylic acids is 1. The molecule has 2 saturated heterocycles. The van der Waals surface area contributed by atoms with Gasteiger partial charge < -0.3 is 19.9 Å². The highest BCUT2D eigenvalue weighted by atomic mass is 16.5. The van der Waals surface area contributed by atoms with Crippen LogP contribution < -0.4 is 10.1 Å². The van der Waals surface area contributed by atoms with E-state index in [1.54, 1.807) is 0 Å². The van der Waals surface area contributed by atoms with E-state index in [0.717, 1.165) is 63.8 Å². The van der Waals surface area contributed by atoms with Crippen molar-refractivity contribution in [1.82, 2.24) is 20.0 Å². The zero-order valence-corrected chi connectivity index (χ0v) is 18.8. The molecule has 0 saturated carbocycles. The summed E-state index contributed by atoms with van der Waals surface area (Å²) in [5.41, 5.74) is 1.19. The van der Waals surface area contributed by atoms with Gasteiger partial charge in [0.25, 0.3) is 0 Å². The maximum Gasteiger partial charge on any atom is 0.236 e. The van der Waals surface area contributed by atoms with Crippen molar-refractivity contribution in [1.29, 1.82) is 0 Å². The molecule has 1 aromatic rings. The lowest BCUT2D eigenvalue weighted by molar-refractivity contribution is -0.133. The maximum atomic E-state index is 12.5. The largest absolute Gasteiger partial charge is 0.489 e. The molecule has 1 N–H and O–H groups in total. The number of carbonyl (C=O) groups is 1. The van der Waals surface area contributed by atoms with Crippen molar-refractivity contribution in [3.63, 3.8) is 0 Å². The van der Waals surface area contributed by atoms with E-state index in [1.807, 2.05) is 24.1 Å². The first-order valence-electron chi connectivity index (χ1n) is 11.2.